The van der Waals surface area contributed by atoms with Gasteiger partial charge in [0.15, 0.2) is 0 Å². The third kappa shape index (κ3) is 3.21. The molecule has 1 atom stereocenters. The van der Waals surface area contributed by atoms with Crippen molar-refractivity contribution in [2.75, 3.05) is 14.1 Å². The highest BCUT2D eigenvalue weighted by atomic mass is 15.2. The fourth-order valence-corrected chi connectivity index (χ4v) is 3.51. The van der Waals surface area contributed by atoms with Gasteiger partial charge in [0.05, 0.1) is 0 Å². The molecule has 0 bridgehead atoms. The van der Waals surface area contributed by atoms with Crippen molar-refractivity contribution < 1.29 is 0 Å². The van der Waals surface area contributed by atoms with Crippen LogP contribution in [0.1, 0.15) is 50.3 Å². The first-order chi connectivity index (χ1) is 9.58. The zero-order valence-electron chi connectivity index (χ0n) is 13.2. The van der Waals surface area contributed by atoms with Gasteiger partial charge in [-0.1, -0.05) is 32.3 Å². The van der Waals surface area contributed by atoms with Gasteiger partial charge in [-0.3, -0.25) is 4.98 Å². The van der Waals surface area contributed by atoms with Crippen molar-refractivity contribution in [2.45, 2.75) is 63.5 Å². The number of hydrogen-bond donors (Lipinski definition) is 1. The number of nitrogens with zero attached hydrogens (tertiary/aromatic N) is 2. The SMILES string of the molecule is CCc1ccc(CC(N)C2(N(C)C)CCCCC2)nc1. The lowest BCUT2D eigenvalue weighted by Gasteiger charge is -2.47. The van der Waals surface area contributed by atoms with Gasteiger partial charge in [0, 0.05) is 29.9 Å². The van der Waals surface area contributed by atoms with Gasteiger partial charge >= 0.3 is 0 Å². The first-order valence-corrected chi connectivity index (χ1v) is 7.95. The summed E-state index contributed by atoms with van der Waals surface area (Å²) in [7, 11) is 4.36. The topological polar surface area (TPSA) is 42.1 Å². The van der Waals surface area contributed by atoms with E-state index in [-0.39, 0.29) is 11.6 Å². The highest BCUT2D eigenvalue weighted by Gasteiger charge is 2.39. The lowest BCUT2D eigenvalue weighted by atomic mass is 9.74. The van der Waals surface area contributed by atoms with E-state index >= 15 is 0 Å². The largest absolute Gasteiger partial charge is 0.326 e. The van der Waals surface area contributed by atoms with Gasteiger partial charge in [0.2, 0.25) is 0 Å². The molecular weight excluding hydrogens is 246 g/mol. The van der Waals surface area contributed by atoms with Crippen LogP contribution in [0.4, 0.5) is 0 Å². The van der Waals surface area contributed by atoms with E-state index < -0.39 is 0 Å². The van der Waals surface area contributed by atoms with Crippen LogP contribution in [0, 0.1) is 0 Å². The molecule has 1 fully saturated rings. The van der Waals surface area contributed by atoms with E-state index in [2.05, 4.69) is 43.0 Å². The van der Waals surface area contributed by atoms with Crippen molar-refractivity contribution >= 4 is 0 Å². The lowest BCUT2D eigenvalue weighted by Crippen LogP contribution is -2.59. The minimum atomic E-state index is 0.156. The Morgan fingerprint density at radius 1 is 1.25 bits per heavy atom. The van der Waals surface area contributed by atoms with Crippen LogP contribution in [-0.4, -0.2) is 35.6 Å². The molecule has 1 saturated carbocycles. The molecule has 0 aromatic carbocycles. The van der Waals surface area contributed by atoms with Crippen molar-refractivity contribution in [1.82, 2.24) is 9.88 Å². The Morgan fingerprint density at radius 3 is 2.45 bits per heavy atom. The molecule has 3 heteroatoms. The molecule has 2 N–H and O–H groups in total. The maximum Gasteiger partial charge on any atom is 0.0419 e. The zero-order valence-corrected chi connectivity index (χ0v) is 13.2. The Kier molecular flexibility index (Phi) is 5.17. The van der Waals surface area contributed by atoms with Gasteiger partial charge in [0.1, 0.15) is 0 Å². The van der Waals surface area contributed by atoms with E-state index in [9.17, 15) is 0 Å². The second-order valence-corrected chi connectivity index (χ2v) is 6.38. The predicted molar refractivity (Wildman–Crippen MR) is 84.8 cm³/mol. The summed E-state index contributed by atoms with van der Waals surface area (Å²) >= 11 is 0. The lowest BCUT2D eigenvalue weighted by molar-refractivity contribution is 0.0712. The molecule has 112 valence electrons. The van der Waals surface area contributed by atoms with Crippen LogP contribution >= 0.6 is 0 Å². The summed E-state index contributed by atoms with van der Waals surface area (Å²) in [6.07, 6.45) is 10.3. The Morgan fingerprint density at radius 2 is 1.95 bits per heavy atom. The monoisotopic (exact) mass is 275 g/mol. The van der Waals surface area contributed by atoms with Crippen LogP contribution in [-0.2, 0) is 12.8 Å². The summed E-state index contributed by atoms with van der Waals surface area (Å²) in [5, 5.41) is 0. The number of likely N-dealkylation sites (N-methyl/N-ethyl adjacent to an activating group) is 1. The first kappa shape index (κ1) is 15.5. The molecule has 1 aliphatic carbocycles. The summed E-state index contributed by atoms with van der Waals surface area (Å²) < 4.78 is 0. The van der Waals surface area contributed by atoms with Crippen LogP contribution in [0.15, 0.2) is 18.3 Å². The summed E-state index contributed by atoms with van der Waals surface area (Å²) in [5.41, 5.74) is 9.18. The number of pyridine rings is 1. The fourth-order valence-electron chi connectivity index (χ4n) is 3.51. The second kappa shape index (κ2) is 6.68. The molecule has 0 aliphatic heterocycles. The fraction of sp³-hybridized carbons (Fsp3) is 0.706. The molecule has 3 nitrogen and oxygen atoms in total. The van der Waals surface area contributed by atoms with Gasteiger partial charge in [-0.15, -0.1) is 0 Å². The van der Waals surface area contributed by atoms with Gasteiger partial charge in [-0.25, -0.2) is 0 Å². The van der Waals surface area contributed by atoms with Gasteiger partial charge < -0.3 is 10.6 Å². The Labute approximate surface area is 123 Å². The molecule has 1 unspecified atom stereocenters. The maximum absolute atomic E-state index is 6.61. The molecule has 0 amide bonds. The van der Waals surface area contributed by atoms with E-state index in [0.717, 1.165) is 18.5 Å². The summed E-state index contributed by atoms with van der Waals surface area (Å²) in [6, 6.07) is 4.49. The third-order valence-electron chi connectivity index (χ3n) is 5.02. The number of nitrogens with two attached hydrogens (primary N) is 1. The highest BCUT2D eigenvalue weighted by molar-refractivity contribution is 5.16. The van der Waals surface area contributed by atoms with Crippen LogP contribution in [0.5, 0.6) is 0 Å². The van der Waals surface area contributed by atoms with Crippen LogP contribution in [0.2, 0.25) is 0 Å². The van der Waals surface area contributed by atoms with Crippen molar-refractivity contribution in [3.63, 3.8) is 0 Å². The maximum atomic E-state index is 6.61. The van der Waals surface area contributed by atoms with E-state index in [4.69, 9.17) is 5.73 Å². The molecule has 0 radical (unpaired) electrons. The predicted octanol–water partition coefficient (Wildman–Crippen LogP) is 2.78. The zero-order chi connectivity index (χ0) is 14.6. The molecule has 1 heterocycles. The molecular formula is C17H29N3. The Balaban J connectivity index is 2.09. The molecule has 1 aliphatic rings. The third-order valence-corrected chi connectivity index (χ3v) is 5.02. The normalized spacial score (nSPS) is 20.1. The van der Waals surface area contributed by atoms with Crippen molar-refractivity contribution in [3.8, 4) is 0 Å². The molecule has 1 aromatic heterocycles. The smallest absolute Gasteiger partial charge is 0.0419 e. The van der Waals surface area contributed by atoms with Crippen LogP contribution < -0.4 is 5.73 Å². The number of aryl methyl sites for hydroxylation is 1. The minimum absolute atomic E-state index is 0.156. The quantitative estimate of drug-likeness (QED) is 0.898. The van der Waals surface area contributed by atoms with Crippen molar-refractivity contribution in [1.29, 1.82) is 0 Å². The highest BCUT2D eigenvalue weighted by Crippen LogP contribution is 2.35. The summed E-state index contributed by atoms with van der Waals surface area (Å²) in [6.45, 7) is 2.16. The number of hydrogen-bond acceptors (Lipinski definition) is 3. The van der Waals surface area contributed by atoms with E-state index in [1.165, 1.54) is 37.7 Å². The van der Waals surface area contributed by atoms with E-state index in [1.807, 2.05) is 6.20 Å². The summed E-state index contributed by atoms with van der Waals surface area (Å²) in [4.78, 5) is 6.93. The molecule has 20 heavy (non-hydrogen) atoms. The van der Waals surface area contributed by atoms with Gasteiger partial charge in [-0.2, -0.15) is 0 Å². The van der Waals surface area contributed by atoms with Crippen LogP contribution in [0.3, 0.4) is 0 Å². The van der Waals surface area contributed by atoms with Crippen molar-refractivity contribution in [3.05, 3.63) is 29.6 Å². The minimum Gasteiger partial charge on any atom is -0.326 e. The average Bonchev–Trinajstić information content (AvgIpc) is 2.48. The van der Waals surface area contributed by atoms with Crippen molar-refractivity contribution in [2.24, 2.45) is 5.73 Å². The molecule has 0 spiro atoms. The van der Waals surface area contributed by atoms with E-state index in [1.54, 1.807) is 0 Å². The Bertz CT molecular complexity index is 405. The standard InChI is InChI=1S/C17H29N3/c1-4-14-8-9-15(19-13-14)12-16(18)17(20(2)3)10-6-5-7-11-17/h8-9,13,16H,4-7,10-12,18H2,1-3H3. The second-order valence-electron chi connectivity index (χ2n) is 6.38. The van der Waals surface area contributed by atoms with Gasteiger partial charge in [0.25, 0.3) is 0 Å². The number of rotatable bonds is 5. The number of aromatic nitrogens is 1. The van der Waals surface area contributed by atoms with Crippen LogP contribution in [0.25, 0.3) is 0 Å². The Hall–Kier alpha value is -0.930. The molecule has 1 aromatic rings. The van der Waals surface area contributed by atoms with Gasteiger partial charge in [-0.05, 0) is 45.0 Å². The average molecular weight is 275 g/mol. The molecule has 0 saturated heterocycles. The van der Waals surface area contributed by atoms with E-state index in [0.29, 0.717) is 0 Å². The first-order valence-electron chi connectivity index (χ1n) is 7.95. The molecule has 2 rings (SSSR count). The summed E-state index contributed by atoms with van der Waals surface area (Å²) in [5.74, 6) is 0.